The molecule has 0 heterocycles. The molecule has 6 heteroatoms. The molecule has 1 N–H and O–H groups in total. The molecule has 0 aliphatic heterocycles. The Morgan fingerprint density at radius 3 is 2.67 bits per heavy atom. The standard InChI is InChI=1S/C15H18BrF2NO2/c16-10-15(7-2-1-3-8-15)19-13(20)11-5-4-6-12(9-11)21-14(17)18/h4-6,9,14H,1-3,7-8,10H2,(H,19,20). The number of nitrogens with one attached hydrogen (secondary N) is 1. The summed E-state index contributed by atoms with van der Waals surface area (Å²) in [5.41, 5.74) is 0.0913. The summed E-state index contributed by atoms with van der Waals surface area (Å²) in [7, 11) is 0. The molecule has 0 aromatic heterocycles. The summed E-state index contributed by atoms with van der Waals surface area (Å²) in [5, 5.41) is 3.74. The van der Waals surface area contributed by atoms with Crippen LogP contribution in [-0.2, 0) is 0 Å². The molecule has 21 heavy (non-hydrogen) atoms. The normalized spacial score (nSPS) is 17.5. The molecule has 0 radical (unpaired) electrons. The largest absolute Gasteiger partial charge is 0.435 e. The number of ether oxygens (including phenoxy) is 1. The topological polar surface area (TPSA) is 38.3 Å². The number of hydrogen-bond acceptors (Lipinski definition) is 2. The van der Waals surface area contributed by atoms with Crippen LogP contribution in [0.1, 0.15) is 42.5 Å². The van der Waals surface area contributed by atoms with Crippen molar-refractivity contribution in [1.82, 2.24) is 5.32 Å². The number of rotatable bonds is 5. The van der Waals surface area contributed by atoms with Crippen LogP contribution in [0.15, 0.2) is 24.3 Å². The molecular weight excluding hydrogens is 344 g/mol. The fraction of sp³-hybridized carbons (Fsp3) is 0.533. The molecule has 1 aromatic rings. The highest BCUT2D eigenvalue weighted by Crippen LogP contribution is 2.30. The van der Waals surface area contributed by atoms with Crippen LogP contribution in [0, 0.1) is 0 Å². The maximum atomic E-state index is 12.3. The fourth-order valence-corrected chi connectivity index (χ4v) is 3.35. The van der Waals surface area contributed by atoms with Crippen molar-refractivity contribution in [3.05, 3.63) is 29.8 Å². The number of alkyl halides is 3. The van der Waals surface area contributed by atoms with Crippen LogP contribution in [-0.4, -0.2) is 23.4 Å². The third-order valence-electron chi connectivity index (χ3n) is 3.77. The minimum atomic E-state index is -2.89. The van der Waals surface area contributed by atoms with Gasteiger partial charge >= 0.3 is 6.61 Å². The van der Waals surface area contributed by atoms with E-state index in [-0.39, 0.29) is 17.2 Å². The summed E-state index contributed by atoms with van der Waals surface area (Å²) in [6.07, 6.45) is 5.21. The van der Waals surface area contributed by atoms with Crippen molar-refractivity contribution in [2.24, 2.45) is 0 Å². The summed E-state index contributed by atoms with van der Waals surface area (Å²) in [6.45, 7) is -2.89. The molecule has 0 spiro atoms. The second-order valence-electron chi connectivity index (χ2n) is 5.34. The molecule has 0 atom stereocenters. The molecule has 0 bridgehead atoms. The van der Waals surface area contributed by atoms with E-state index in [9.17, 15) is 13.6 Å². The van der Waals surface area contributed by atoms with Crippen molar-refractivity contribution in [1.29, 1.82) is 0 Å². The van der Waals surface area contributed by atoms with Crippen LogP contribution in [0.25, 0.3) is 0 Å². The Kier molecular flexibility index (Phi) is 5.56. The zero-order valence-electron chi connectivity index (χ0n) is 11.6. The predicted molar refractivity (Wildman–Crippen MR) is 80.2 cm³/mol. The van der Waals surface area contributed by atoms with Gasteiger partial charge in [0.05, 0.1) is 5.54 Å². The van der Waals surface area contributed by atoms with Crippen LogP contribution in [0.4, 0.5) is 8.78 Å². The van der Waals surface area contributed by atoms with Gasteiger partial charge < -0.3 is 10.1 Å². The minimum absolute atomic E-state index is 0.00538. The number of carbonyl (C=O) groups excluding carboxylic acids is 1. The maximum absolute atomic E-state index is 12.3. The van der Waals surface area contributed by atoms with Gasteiger partial charge in [0, 0.05) is 10.9 Å². The first-order chi connectivity index (χ1) is 10.0. The van der Waals surface area contributed by atoms with E-state index in [0.717, 1.165) is 25.7 Å². The Hall–Kier alpha value is -1.17. The highest BCUT2D eigenvalue weighted by Gasteiger charge is 2.32. The van der Waals surface area contributed by atoms with Gasteiger partial charge in [-0.1, -0.05) is 41.3 Å². The highest BCUT2D eigenvalue weighted by molar-refractivity contribution is 9.09. The average molecular weight is 362 g/mol. The molecule has 1 aliphatic rings. The van der Waals surface area contributed by atoms with E-state index in [1.807, 2.05) is 0 Å². The molecule has 0 unspecified atom stereocenters. The molecule has 1 aromatic carbocycles. The molecule has 2 rings (SSSR count). The van der Waals surface area contributed by atoms with Crippen LogP contribution >= 0.6 is 15.9 Å². The van der Waals surface area contributed by atoms with Gasteiger partial charge in [0.25, 0.3) is 5.91 Å². The first-order valence-electron chi connectivity index (χ1n) is 6.98. The summed E-state index contributed by atoms with van der Waals surface area (Å²) in [5.74, 6) is -0.259. The number of halogens is 3. The second-order valence-corrected chi connectivity index (χ2v) is 5.90. The lowest BCUT2D eigenvalue weighted by molar-refractivity contribution is -0.0498. The average Bonchev–Trinajstić information content (AvgIpc) is 2.48. The smallest absolute Gasteiger partial charge is 0.387 e. The summed E-state index contributed by atoms with van der Waals surface area (Å²) >= 11 is 3.48. The van der Waals surface area contributed by atoms with Gasteiger partial charge in [-0.3, -0.25) is 4.79 Å². The molecule has 116 valence electrons. The zero-order valence-corrected chi connectivity index (χ0v) is 13.2. The van der Waals surface area contributed by atoms with Gasteiger partial charge in [-0.2, -0.15) is 8.78 Å². The minimum Gasteiger partial charge on any atom is -0.435 e. The van der Waals surface area contributed by atoms with Gasteiger partial charge in [0.2, 0.25) is 0 Å². The summed E-state index contributed by atoms with van der Waals surface area (Å²) < 4.78 is 28.7. The zero-order chi connectivity index (χ0) is 15.3. The van der Waals surface area contributed by atoms with Crippen molar-refractivity contribution < 1.29 is 18.3 Å². The molecule has 1 fully saturated rings. The van der Waals surface area contributed by atoms with Gasteiger partial charge in [0.1, 0.15) is 5.75 Å². The molecule has 1 saturated carbocycles. The highest BCUT2D eigenvalue weighted by atomic mass is 79.9. The van der Waals surface area contributed by atoms with Crippen LogP contribution < -0.4 is 10.1 Å². The van der Waals surface area contributed by atoms with Crippen molar-refractivity contribution in [3.8, 4) is 5.75 Å². The molecule has 0 saturated heterocycles. The Bertz CT molecular complexity index is 490. The van der Waals surface area contributed by atoms with Crippen LogP contribution in [0.5, 0.6) is 5.75 Å². The van der Waals surface area contributed by atoms with Crippen molar-refractivity contribution in [2.45, 2.75) is 44.3 Å². The lowest BCUT2D eigenvalue weighted by atomic mass is 9.83. The van der Waals surface area contributed by atoms with Gasteiger partial charge in [-0.15, -0.1) is 0 Å². The monoisotopic (exact) mass is 361 g/mol. The van der Waals surface area contributed by atoms with Crippen molar-refractivity contribution >= 4 is 21.8 Å². The second kappa shape index (κ2) is 7.20. The maximum Gasteiger partial charge on any atom is 0.387 e. The third kappa shape index (κ3) is 4.40. The first kappa shape index (κ1) is 16.2. The van der Waals surface area contributed by atoms with Gasteiger partial charge in [-0.05, 0) is 31.0 Å². The Balaban J connectivity index is 2.08. The Morgan fingerprint density at radius 2 is 2.05 bits per heavy atom. The van der Waals surface area contributed by atoms with E-state index >= 15 is 0 Å². The molecular formula is C15H18BrF2NO2. The van der Waals surface area contributed by atoms with Crippen LogP contribution in [0.2, 0.25) is 0 Å². The van der Waals surface area contributed by atoms with Gasteiger partial charge in [0.15, 0.2) is 0 Å². The third-order valence-corrected chi connectivity index (χ3v) is 4.84. The molecule has 1 aliphatic carbocycles. The number of benzene rings is 1. The molecule has 3 nitrogen and oxygen atoms in total. The molecule has 1 amide bonds. The lowest BCUT2D eigenvalue weighted by Gasteiger charge is -2.36. The number of carbonyl (C=O) groups is 1. The fourth-order valence-electron chi connectivity index (χ4n) is 2.65. The lowest BCUT2D eigenvalue weighted by Crippen LogP contribution is -2.51. The van der Waals surface area contributed by atoms with Crippen LogP contribution in [0.3, 0.4) is 0 Å². The van der Waals surface area contributed by atoms with E-state index in [0.29, 0.717) is 10.9 Å². The van der Waals surface area contributed by atoms with E-state index < -0.39 is 6.61 Å². The summed E-state index contributed by atoms with van der Waals surface area (Å²) in [4.78, 5) is 12.3. The van der Waals surface area contributed by atoms with Gasteiger partial charge in [-0.25, -0.2) is 0 Å². The van der Waals surface area contributed by atoms with E-state index in [1.165, 1.54) is 24.6 Å². The number of hydrogen-bond donors (Lipinski definition) is 1. The summed E-state index contributed by atoms with van der Waals surface area (Å²) in [6, 6.07) is 5.88. The predicted octanol–water partition coefficient (Wildman–Crippen LogP) is 4.12. The van der Waals surface area contributed by atoms with E-state index in [2.05, 4.69) is 26.0 Å². The van der Waals surface area contributed by atoms with Crippen molar-refractivity contribution in [2.75, 3.05) is 5.33 Å². The van der Waals surface area contributed by atoms with Crippen molar-refractivity contribution in [3.63, 3.8) is 0 Å². The Morgan fingerprint density at radius 1 is 1.33 bits per heavy atom. The quantitative estimate of drug-likeness (QED) is 0.801. The Labute approximate surface area is 131 Å². The SMILES string of the molecule is O=C(NC1(CBr)CCCCC1)c1cccc(OC(F)F)c1. The van der Waals surface area contributed by atoms with E-state index in [4.69, 9.17) is 0 Å². The first-order valence-corrected chi connectivity index (χ1v) is 8.10. The number of amides is 1. The van der Waals surface area contributed by atoms with E-state index in [1.54, 1.807) is 6.07 Å².